The fourth-order valence-electron chi connectivity index (χ4n) is 1.27. The van der Waals surface area contributed by atoms with Gasteiger partial charge in [0.1, 0.15) is 0 Å². The number of hydrogen-bond donors (Lipinski definition) is 2. The third kappa shape index (κ3) is 2.33. The Morgan fingerprint density at radius 1 is 1.50 bits per heavy atom. The van der Waals surface area contributed by atoms with Gasteiger partial charge in [-0.15, -0.1) is 0 Å². The summed E-state index contributed by atoms with van der Waals surface area (Å²) in [5.41, 5.74) is 1.69. The van der Waals surface area contributed by atoms with Crippen molar-refractivity contribution in [2.45, 2.75) is 20.0 Å². The summed E-state index contributed by atoms with van der Waals surface area (Å²) in [4.78, 5) is 0. The summed E-state index contributed by atoms with van der Waals surface area (Å²) in [6, 6.07) is 7.44. The molecular weight excluding hydrogens is 178 g/mol. The number of rotatable bonds is 3. The van der Waals surface area contributed by atoms with Gasteiger partial charge in [0.2, 0.25) is 5.90 Å². The molecule has 0 aliphatic heterocycles. The van der Waals surface area contributed by atoms with E-state index in [-0.39, 0.29) is 5.90 Å². The molecule has 2 N–H and O–H groups in total. The highest BCUT2D eigenvalue weighted by Crippen LogP contribution is 2.18. The average Bonchev–Trinajstić information content (AvgIpc) is 2.18. The molecular formula is C11H15NO2. The maximum Gasteiger partial charge on any atom is 0.214 e. The number of aliphatic hydroxyl groups excluding tert-OH is 1. The molecule has 0 bridgehead atoms. The van der Waals surface area contributed by atoms with Gasteiger partial charge < -0.3 is 9.84 Å². The van der Waals surface area contributed by atoms with Crippen LogP contribution in [0.4, 0.5) is 0 Å². The van der Waals surface area contributed by atoms with Crippen molar-refractivity contribution in [3.05, 3.63) is 35.4 Å². The fraction of sp³-hybridized carbons (Fsp3) is 0.364. The molecule has 3 heteroatoms. The fourth-order valence-corrected chi connectivity index (χ4v) is 1.27. The van der Waals surface area contributed by atoms with Crippen molar-refractivity contribution in [3.63, 3.8) is 0 Å². The van der Waals surface area contributed by atoms with Gasteiger partial charge in [-0.1, -0.05) is 24.3 Å². The Morgan fingerprint density at radius 3 is 2.71 bits per heavy atom. The molecule has 76 valence electrons. The van der Waals surface area contributed by atoms with E-state index in [9.17, 15) is 5.11 Å². The van der Waals surface area contributed by atoms with Gasteiger partial charge >= 0.3 is 0 Å². The van der Waals surface area contributed by atoms with Gasteiger partial charge in [0, 0.05) is 0 Å². The number of aryl methyl sites for hydroxylation is 1. The van der Waals surface area contributed by atoms with Gasteiger partial charge in [-0.2, -0.15) is 0 Å². The van der Waals surface area contributed by atoms with Crippen molar-refractivity contribution in [2.75, 3.05) is 6.61 Å². The zero-order chi connectivity index (χ0) is 10.6. The van der Waals surface area contributed by atoms with E-state index in [1.807, 2.05) is 25.1 Å². The lowest BCUT2D eigenvalue weighted by atomic mass is 10.0. The number of nitrogens with one attached hydrogen (secondary N) is 1. The maximum absolute atomic E-state index is 9.75. The van der Waals surface area contributed by atoms with E-state index in [1.54, 1.807) is 13.0 Å². The minimum Gasteiger partial charge on any atom is -0.479 e. The van der Waals surface area contributed by atoms with Crippen LogP contribution in [0.5, 0.6) is 0 Å². The quantitative estimate of drug-likeness (QED) is 0.570. The van der Waals surface area contributed by atoms with Gasteiger partial charge in [-0.3, -0.25) is 5.41 Å². The van der Waals surface area contributed by atoms with Gasteiger partial charge in [0.15, 0.2) is 6.10 Å². The Bertz CT molecular complexity index is 323. The summed E-state index contributed by atoms with van der Waals surface area (Å²) in [5.74, 6) is -0.0956. The summed E-state index contributed by atoms with van der Waals surface area (Å²) >= 11 is 0. The molecule has 0 unspecified atom stereocenters. The highest BCUT2D eigenvalue weighted by molar-refractivity contribution is 5.79. The van der Waals surface area contributed by atoms with E-state index < -0.39 is 6.10 Å². The van der Waals surface area contributed by atoms with Crippen molar-refractivity contribution in [1.29, 1.82) is 5.41 Å². The number of aliphatic hydroxyl groups is 1. The third-order valence-corrected chi connectivity index (χ3v) is 2.03. The molecule has 0 radical (unpaired) electrons. The van der Waals surface area contributed by atoms with Crippen molar-refractivity contribution >= 4 is 5.90 Å². The molecule has 1 rings (SSSR count). The predicted octanol–water partition coefficient (Wildman–Crippen LogP) is 2.04. The third-order valence-electron chi connectivity index (χ3n) is 2.03. The lowest BCUT2D eigenvalue weighted by molar-refractivity contribution is 0.190. The largest absolute Gasteiger partial charge is 0.479 e. The van der Waals surface area contributed by atoms with E-state index in [4.69, 9.17) is 10.1 Å². The molecule has 0 aliphatic rings. The van der Waals surface area contributed by atoms with Gasteiger partial charge in [0.25, 0.3) is 0 Å². The lowest BCUT2D eigenvalue weighted by Gasteiger charge is -2.14. The monoisotopic (exact) mass is 193 g/mol. The van der Waals surface area contributed by atoms with Crippen molar-refractivity contribution in [3.8, 4) is 0 Å². The van der Waals surface area contributed by atoms with Crippen LogP contribution in [-0.2, 0) is 4.74 Å². The van der Waals surface area contributed by atoms with Crippen LogP contribution >= 0.6 is 0 Å². The van der Waals surface area contributed by atoms with E-state index >= 15 is 0 Å². The normalized spacial score (nSPS) is 12.2. The summed E-state index contributed by atoms with van der Waals surface area (Å²) in [7, 11) is 0. The van der Waals surface area contributed by atoms with E-state index in [2.05, 4.69) is 0 Å². The highest BCUT2D eigenvalue weighted by atomic mass is 16.5. The zero-order valence-electron chi connectivity index (χ0n) is 8.45. The van der Waals surface area contributed by atoms with Crippen LogP contribution < -0.4 is 0 Å². The number of benzene rings is 1. The van der Waals surface area contributed by atoms with Crippen LogP contribution in [0, 0.1) is 12.3 Å². The molecule has 0 fully saturated rings. The summed E-state index contributed by atoms with van der Waals surface area (Å²) < 4.78 is 4.95. The van der Waals surface area contributed by atoms with Gasteiger partial charge in [0.05, 0.1) is 6.61 Å². The Kier molecular flexibility index (Phi) is 3.65. The Balaban J connectivity index is 2.84. The van der Waals surface area contributed by atoms with Crippen molar-refractivity contribution in [1.82, 2.24) is 0 Å². The molecule has 1 atom stereocenters. The first-order chi connectivity index (χ1) is 6.66. The SMILES string of the molecule is CCOC(=N)[C@@H](O)c1ccccc1C. The molecule has 0 aliphatic carbocycles. The topological polar surface area (TPSA) is 53.3 Å². The van der Waals surface area contributed by atoms with E-state index in [0.717, 1.165) is 11.1 Å². The van der Waals surface area contributed by atoms with E-state index in [1.165, 1.54) is 0 Å². The second kappa shape index (κ2) is 4.77. The second-order valence-electron chi connectivity index (χ2n) is 3.06. The molecule has 1 aromatic rings. The van der Waals surface area contributed by atoms with E-state index in [0.29, 0.717) is 6.61 Å². The first-order valence-corrected chi connectivity index (χ1v) is 4.61. The van der Waals surface area contributed by atoms with Crippen molar-refractivity contribution in [2.24, 2.45) is 0 Å². The average molecular weight is 193 g/mol. The van der Waals surface area contributed by atoms with Crippen LogP contribution in [0.3, 0.4) is 0 Å². The van der Waals surface area contributed by atoms with Crippen LogP contribution in [0.1, 0.15) is 24.2 Å². The number of ether oxygens (including phenoxy) is 1. The van der Waals surface area contributed by atoms with Crippen LogP contribution in [-0.4, -0.2) is 17.6 Å². The zero-order valence-corrected chi connectivity index (χ0v) is 8.45. The Labute approximate surface area is 83.8 Å². The summed E-state index contributed by atoms with van der Waals surface area (Å²) in [6.07, 6.45) is -0.948. The van der Waals surface area contributed by atoms with Gasteiger partial charge in [-0.05, 0) is 25.0 Å². The minimum atomic E-state index is -0.948. The lowest BCUT2D eigenvalue weighted by Crippen LogP contribution is -2.15. The maximum atomic E-state index is 9.75. The smallest absolute Gasteiger partial charge is 0.214 e. The molecule has 0 saturated heterocycles. The molecule has 0 heterocycles. The molecule has 0 spiro atoms. The highest BCUT2D eigenvalue weighted by Gasteiger charge is 2.15. The van der Waals surface area contributed by atoms with Gasteiger partial charge in [-0.25, -0.2) is 0 Å². The molecule has 0 saturated carbocycles. The second-order valence-corrected chi connectivity index (χ2v) is 3.06. The van der Waals surface area contributed by atoms with Crippen LogP contribution in [0.15, 0.2) is 24.3 Å². The summed E-state index contributed by atoms with van der Waals surface area (Å²) in [6.45, 7) is 4.10. The molecule has 3 nitrogen and oxygen atoms in total. The molecule has 0 amide bonds. The van der Waals surface area contributed by atoms with Crippen molar-refractivity contribution < 1.29 is 9.84 Å². The minimum absolute atomic E-state index is 0.0956. The predicted molar refractivity (Wildman–Crippen MR) is 55.5 cm³/mol. The standard InChI is InChI=1S/C11H15NO2/c1-3-14-11(12)10(13)9-7-5-4-6-8(9)2/h4-7,10,12-13H,3H2,1-2H3/t10-/m0/s1. The van der Waals surface area contributed by atoms with Crippen LogP contribution in [0.25, 0.3) is 0 Å². The first-order valence-electron chi connectivity index (χ1n) is 4.61. The number of hydrogen-bond acceptors (Lipinski definition) is 3. The Morgan fingerprint density at radius 2 is 2.14 bits per heavy atom. The molecule has 14 heavy (non-hydrogen) atoms. The first kappa shape index (κ1) is 10.7. The molecule has 0 aromatic heterocycles. The summed E-state index contributed by atoms with van der Waals surface area (Å²) in [5, 5.41) is 17.2. The van der Waals surface area contributed by atoms with Crippen LogP contribution in [0.2, 0.25) is 0 Å². The molecule has 1 aromatic carbocycles. The Hall–Kier alpha value is -1.35.